The molecule has 144 valence electrons. The monoisotopic (exact) mass is 370 g/mol. The Morgan fingerprint density at radius 1 is 1.33 bits per heavy atom. The van der Waals surface area contributed by atoms with Crippen molar-refractivity contribution in [3.63, 3.8) is 0 Å². The lowest BCUT2D eigenvalue weighted by Gasteiger charge is -2.30. The predicted octanol–water partition coefficient (Wildman–Crippen LogP) is 2.29. The second-order valence-corrected chi connectivity index (χ2v) is 7.94. The van der Waals surface area contributed by atoms with Crippen LogP contribution in [-0.2, 0) is 13.0 Å². The average Bonchev–Trinajstić information content (AvgIpc) is 3.21. The molecule has 8 heteroatoms. The van der Waals surface area contributed by atoms with Crippen LogP contribution in [0.2, 0.25) is 0 Å². The number of fused-ring (bicyclic) bond motifs is 1. The molecular weight excluding hydrogens is 344 g/mol. The highest BCUT2D eigenvalue weighted by molar-refractivity contribution is 5.39. The SMILES string of the molecule is Cc1cc2nc(CN3CCC[C@@H](c4nc(CC(C)C)no4)C3)cc(=O)n2[nH]1. The van der Waals surface area contributed by atoms with Gasteiger partial charge in [-0.25, -0.2) is 9.50 Å². The molecule has 1 fully saturated rings. The van der Waals surface area contributed by atoms with Crippen molar-refractivity contribution in [2.75, 3.05) is 13.1 Å². The Balaban J connectivity index is 1.47. The van der Waals surface area contributed by atoms with Gasteiger partial charge in [-0.15, -0.1) is 0 Å². The van der Waals surface area contributed by atoms with E-state index < -0.39 is 0 Å². The topological polar surface area (TPSA) is 92.3 Å². The zero-order chi connectivity index (χ0) is 19.0. The fraction of sp³-hybridized carbons (Fsp3) is 0.579. The molecule has 1 N–H and O–H groups in total. The van der Waals surface area contributed by atoms with E-state index in [2.05, 4.69) is 39.0 Å². The second kappa shape index (κ2) is 7.26. The Bertz CT molecular complexity index is 986. The van der Waals surface area contributed by atoms with Gasteiger partial charge in [-0.3, -0.25) is 14.8 Å². The standard InChI is InChI=1S/C19H26N6O2/c1-12(2)7-16-21-19(27-23-16)14-5-4-6-24(10-14)11-15-9-18(26)25-17(20-15)8-13(3)22-25/h8-9,12,14,22H,4-7,10-11H2,1-3H3/t14-/m1/s1. The smallest absolute Gasteiger partial charge is 0.272 e. The lowest BCUT2D eigenvalue weighted by atomic mass is 9.98. The van der Waals surface area contributed by atoms with Gasteiger partial charge >= 0.3 is 0 Å². The number of rotatable bonds is 5. The van der Waals surface area contributed by atoms with E-state index >= 15 is 0 Å². The molecule has 0 amide bonds. The van der Waals surface area contributed by atoms with Crippen molar-refractivity contribution < 1.29 is 4.52 Å². The maximum Gasteiger partial charge on any atom is 0.272 e. The van der Waals surface area contributed by atoms with E-state index in [4.69, 9.17) is 4.52 Å². The Morgan fingerprint density at radius 3 is 3.00 bits per heavy atom. The van der Waals surface area contributed by atoms with E-state index in [1.165, 1.54) is 4.52 Å². The van der Waals surface area contributed by atoms with Crippen LogP contribution in [0.3, 0.4) is 0 Å². The van der Waals surface area contributed by atoms with Gasteiger partial charge in [0.15, 0.2) is 11.5 Å². The largest absolute Gasteiger partial charge is 0.339 e. The summed E-state index contributed by atoms with van der Waals surface area (Å²) in [5.74, 6) is 2.28. The molecule has 4 heterocycles. The van der Waals surface area contributed by atoms with Gasteiger partial charge in [0, 0.05) is 37.3 Å². The highest BCUT2D eigenvalue weighted by Gasteiger charge is 2.26. The van der Waals surface area contributed by atoms with Crippen molar-refractivity contribution in [1.29, 1.82) is 0 Å². The number of aryl methyl sites for hydroxylation is 1. The average molecular weight is 370 g/mol. The molecular formula is C19H26N6O2. The Labute approximate surface area is 157 Å². The minimum absolute atomic E-state index is 0.0770. The molecule has 0 radical (unpaired) electrons. The number of hydrogen-bond donors (Lipinski definition) is 1. The van der Waals surface area contributed by atoms with Gasteiger partial charge in [0.1, 0.15) is 0 Å². The number of aromatic nitrogens is 5. The summed E-state index contributed by atoms with van der Waals surface area (Å²) in [6, 6.07) is 3.50. The lowest BCUT2D eigenvalue weighted by molar-refractivity contribution is 0.178. The minimum Gasteiger partial charge on any atom is -0.339 e. The maximum absolute atomic E-state index is 12.3. The number of nitrogens with zero attached hydrogens (tertiary/aromatic N) is 5. The van der Waals surface area contributed by atoms with E-state index in [1.807, 2.05) is 13.0 Å². The summed E-state index contributed by atoms with van der Waals surface area (Å²) in [6.07, 6.45) is 2.95. The van der Waals surface area contributed by atoms with Crippen molar-refractivity contribution in [1.82, 2.24) is 29.6 Å². The molecule has 0 saturated carbocycles. The first-order chi connectivity index (χ1) is 13.0. The Morgan fingerprint density at radius 2 is 2.19 bits per heavy atom. The molecule has 0 bridgehead atoms. The number of nitrogens with one attached hydrogen (secondary N) is 1. The van der Waals surface area contributed by atoms with Gasteiger partial charge in [-0.05, 0) is 32.2 Å². The zero-order valence-corrected chi connectivity index (χ0v) is 16.1. The molecule has 27 heavy (non-hydrogen) atoms. The van der Waals surface area contributed by atoms with Crippen LogP contribution in [-0.4, -0.2) is 42.7 Å². The van der Waals surface area contributed by atoms with Crippen molar-refractivity contribution in [3.05, 3.63) is 45.6 Å². The van der Waals surface area contributed by atoms with Crippen molar-refractivity contribution in [2.45, 2.75) is 52.5 Å². The quantitative estimate of drug-likeness (QED) is 0.741. The van der Waals surface area contributed by atoms with Crippen LogP contribution in [0, 0.1) is 12.8 Å². The first-order valence-electron chi connectivity index (χ1n) is 9.61. The first-order valence-corrected chi connectivity index (χ1v) is 9.61. The Hall–Kier alpha value is -2.48. The molecule has 3 aromatic heterocycles. The molecule has 1 aliphatic heterocycles. The van der Waals surface area contributed by atoms with Crippen molar-refractivity contribution in [2.24, 2.45) is 5.92 Å². The van der Waals surface area contributed by atoms with Crippen LogP contribution in [0.25, 0.3) is 5.65 Å². The third-order valence-electron chi connectivity index (χ3n) is 4.95. The number of aromatic amines is 1. The molecule has 1 saturated heterocycles. The van der Waals surface area contributed by atoms with Gasteiger partial charge in [0.25, 0.3) is 5.56 Å². The number of likely N-dealkylation sites (tertiary alicyclic amines) is 1. The molecule has 0 unspecified atom stereocenters. The molecule has 3 aromatic rings. The first kappa shape index (κ1) is 17.9. The van der Waals surface area contributed by atoms with E-state index in [9.17, 15) is 4.79 Å². The summed E-state index contributed by atoms with van der Waals surface area (Å²) in [4.78, 5) is 23.8. The molecule has 0 aromatic carbocycles. The second-order valence-electron chi connectivity index (χ2n) is 7.94. The van der Waals surface area contributed by atoms with Crippen molar-refractivity contribution >= 4 is 5.65 Å². The summed E-state index contributed by atoms with van der Waals surface area (Å²) in [7, 11) is 0. The van der Waals surface area contributed by atoms with Gasteiger partial charge < -0.3 is 4.52 Å². The maximum atomic E-state index is 12.3. The van der Waals surface area contributed by atoms with E-state index in [0.29, 0.717) is 18.1 Å². The van der Waals surface area contributed by atoms with Gasteiger partial charge in [0.2, 0.25) is 5.89 Å². The molecule has 0 spiro atoms. The fourth-order valence-electron chi connectivity index (χ4n) is 3.75. The highest BCUT2D eigenvalue weighted by atomic mass is 16.5. The van der Waals surface area contributed by atoms with Crippen LogP contribution in [0.4, 0.5) is 0 Å². The zero-order valence-electron chi connectivity index (χ0n) is 16.1. The van der Waals surface area contributed by atoms with E-state index in [0.717, 1.165) is 55.5 Å². The summed E-state index contributed by atoms with van der Waals surface area (Å²) >= 11 is 0. The van der Waals surface area contributed by atoms with Gasteiger partial charge in [-0.2, -0.15) is 4.98 Å². The normalized spacial score (nSPS) is 18.6. The lowest BCUT2D eigenvalue weighted by Crippen LogP contribution is -2.34. The van der Waals surface area contributed by atoms with Gasteiger partial charge in [0.05, 0.1) is 11.6 Å². The molecule has 1 atom stereocenters. The molecule has 4 rings (SSSR count). The highest BCUT2D eigenvalue weighted by Crippen LogP contribution is 2.26. The van der Waals surface area contributed by atoms with Gasteiger partial charge in [-0.1, -0.05) is 19.0 Å². The third kappa shape index (κ3) is 3.95. The van der Waals surface area contributed by atoms with Crippen molar-refractivity contribution in [3.8, 4) is 0 Å². The van der Waals surface area contributed by atoms with Crippen LogP contribution >= 0.6 is 0 Å². The number of H-pyrrole nitrogens is 1. The molecule has 1 aliphatic rings. The van der Waals surface area contributed by atoms with E-state index in [-0.39, 0.29) is 11.5 Å². The van der Waals surface area contributed by atoms with Crippen LogP contribution in [0.5, 0.6) is 0 Å². The molecule has 8 nitrogen and oxygen atoms in total. The predicted molar refractivity (Wildman–Crippen MR) is 101 cm³/mol. The molecule has 0 aliphatic carbocycles. The summed E-state index contributed by atoms with van der Waals surface area (Å²) in [5, 5.41) is 7.13. The minimum atomic E-state index is -0.0770. The summed E-state index contributed by atoms with van der Waals surface area (Å²) in [5.41, 5.74) is 2.31. The number of piperidine rings is 1. The van der Waals surface area contributed by atoms with Crippen LogP contribution < -0.4 is 5.56 Å². The van der Waals surface area contributed by atoms with E-state index in [1.54, 1.807) is 6.07 Å². The third-order valence-corrected chi connectivity index (χ3v) is 4.95. The Kier molecular flexibility index (Phi) is 4.82. The summed E-state index contributed by atoms with van der Waals surface area (Å²) < 4.78 is 7.00. The van der Waals surface area contributed by atoms with Crippen LogP contribution in [0.15, 0.2) is 21.5 Å². The van der Waals surface area contributed by atoms with Crippen LogP contribution in [0.1, 0.15) is 55.7 Å². The fourth-order valence-corrected chi connectivity index (χ4v) is 3.75. The number of hydrogen-bond acceptors (Lipinski definition) is 6. The summed E-state index contributed by atoms with van der Waals surface area (Å²) in [6.45, 7) is 8.70.